The monoisotopic (exact) mass is 225 g/mol. The molecule has 0 spiro atoms. The van der Waals surface area contributed by atoms with Crippen molar-refractivity contribution in [2.24, 2.45) is 5.92 Å². The largest absolute Gasteiger partial charge is 0.472 e. The summed E-state index contributed by atoms with van der Waals surface area (Å²) >= 11 is 0. The first kappa shape index (κ1) is 13.3. The Morgan fingerprint density at radius 1 is 1.44 bits per heavy atom. The summed E-state index contributed by atoms with van der Waals surface area (Å²) in [5.74, 6) is 0.501. The molecule has 0 aromatic carbocycles. The topological polar surface area (TPSA) is 34.4 Å². The molecule has 0 bridgehead atoms. The van der Waals surface area contributed by atoms with E-state index < -0.39 is 0 Å². The maximum Gasteiger partial charge on any atom is 0.0935 e. The van der Waals surface area contributed by atoms with Crippen LogP contribution in [0.1, 0.15) is 26.3 Å². The van der Waals surface area contributed by atoms with Crippen LogP contribution in [0.2, 0.25) is 0 Å². The normalized spacial score (nSPS) is 15.3. The SMILES string of the molecule is CCNC(Cc1ccoc1)C(OC)C(C)C. The van der Waals surface area contributed by atoms with E-state index in [-0.39, 0.29) is 6.10 Å². The summed E-state index contributed by atoms with van der Waals surface area (Å²) in [7, 11) is 1.78. The molecule has 16 heavy (non-hydrogen) atoms. The molecule has 1 N–H and O–H groups in total. The highest BCUT2D eigenvalue weighted by Crippen LogP contribution is 2.15. The van der Waals surface area contributed by atoms with Gasteiger partial charge in [-0.15, -0.1) is 0 Å². The third-order valence-corrected chi connectivity index (χ3v) is 2.83. The van der Waals surface area contributed by atoms with Crippen molar-refractivity contribution < 1.29 is 9.15 Å². The minimum Gasteiger partial charge on any atom is -0.472 e. The lowest BCUT2D eigenvalue weighted by molar-refractivity contribution is 0.0336. The van der Waals surface area contributed by atoms with Crippen LogP contribution in [0.25, 0.3) is 0 Å². The predicted octanol–water partition coefficient (Wildman–Crippen LogP) is 2.47. The number of likely N-dealkylation sites (N-methyl/N-ethyl adjacent to an activating group) is 1. The molecule has 92 valence electrons. The van der Waals surface area contributed by atoms with E-state index in [1.165, 1.54) is 5.56 Å². The summed E-state index contributed by atoms with van der Waals surface area (Å²) in [6.45, 7) is 7.45. The van der Waals surface area contributed by atoms with Crippen molar-refractivity contribution in [3.63, 3.8) is 0 Å². The average Bonchev–Trinajstić information content (AvgIpc) is 2.71. The molecule has 0 aliphatic carbocycles. The molecule has 3 heteroatoms. The van der Waals surface area contributed by atoms with Crippen molar-refractivity contribution in [3.05, 3.63) is 24.2 Å². The fourth-order valence-corrected chi connectivity index (χ4v) is 2.13. The van der Waals surface area contributed by atoms with Crippen LogP contribution in [0.5, 0.6) is 0 Å². The first-order valence-electron chi connectivity index (χ1n) is 5.96. The Labute approximate surface area is 98.2 Å². The van der Waals surface area contributed by atoms with Gasteiger partial charge in [-0.05, 0) is 30.5 Å². The molecule has 0 aliphatic heterocycles. The number of hydrogen-bond acceptors (Lipinski definition) is 3. The molecule has 2 unspecified atom stereocenters. The molecule has 0 saturated carbocycles. The van der Waals surface area contributed by atoms with E-state index >= 15 is 0 Å². The van der Waals surface area contributed by atoms with Gasteiger partial charge >= 0.3 is 0 Å². The summed E-state index contributed by atoms with van der Waals surface area (Å²) in [5, 5.41) is 3.49. The van der Waals surface area contributed by atoms with Gasteiger partial charge in [0.25, 0.3) is 0 Å². The zero-order chi connectivity index (χ0) is 12.0. The molecule has 3 nitrogen and oxygen atoms in total. The minimum atomic E-state index is 0.231. The number of methoxy groups -OCH3 is 1. The van der Waals surface area contributed by atoms with Gasteiger partial charge in [0.15, 0.2) is 0 Å². The first-order chi connectivity index (χ1) is 7.69. The first-order valence-corrected chi connectivity index (χ1v) is 5.96. The number of ether oxygens (including phenoxy) is 1. The number of furan rings is 1. The maximum absolute atomic E-state index is 5.58. The molecule has 0 amide bonds. The van der Waals surface area contributed by atoms with Crippen LogP contribution in [0.15, 0.2) is 23.0 Å². The highest BCUT2D eigenvalue weighted by Gasteiger charge is 2.23. The fourth-order valence-electron chi connectivity index (χ4n) is 2.13. The molecule has 1 heterocycles. The van der Waals surface area contributed by atoms with E-state index in [1.807, 2.05) is 6.07 Å². The van der Waals surface area contributed by atoms with Gasteiger partial charge in [0.2, 0.25) is 0 Å². The van der Waals surface area contributed by atoms with Crippen molar-refractivity contribution in [2.45, 2.75) is 39.3 Å². The molecular weight excluding hydrogens is 202 g/mol. The van der Waals surface area contributed by atoms with Crippen molar-refractivity contribution in [1.29, 1.82) is 0 Å². The van der Waals surface area contributed by atoms with Crippen molar-refractivity contribution in [1.82, 2.24) is 5.32 Å². The summed E-state index contributed by atoms with van der Waals surface area (Å²) in [6, 6.07) is 2.35. The van der Waals surface area contributed by atoms with Gasteiger partial charge in [-0.3, -0.25) is 0 Å². The number of nitrogens with one attached hydrogen (secondary N) is 1. The predicted molar refractivity (Wildman–Crippen MR) is 65.5 cm³/mol. The van der Waals surface area contributed by atoms with Crippen LogP contribution in [0.3, 0.4) is 0 Å². The van der Waals surface area contributed by atoms with Crippen LogP contribution in [-0.4, -0.2) is 25.8 Å². The molecule has 1 aromatic heterocycles. The highest BCUT2D eigenvalue weighted by atomic mass is 16.5. The summed E-state index contributed by atoms with van der Waals surface area (Å²) in [6.07, 6.45) is 4.70. The Bertz CT molecular complexity index is 269. The molecule has 0 saturated heterocycles. The second-order valence-electron chi connectivity index (χ2n) is 4.44. The van der Waals surface area contributed by atoms with Gasteiger partial charge in [-0.25, -0.2) is 0 Å². The Kier molecular flexibility index (Phi) is 5.56. The molecule has 2 atom stereocenters. The van der Waals surface area contributed by atoms with Gasteiger partial charge in [-0.2, -0.15) is 0 Å². The van der Waals surface area contributed by atoms with E-state index in [0.29, 0.717) is 12.0 Å². The van der Waals surface area contributed by atoms with Gasteiger partial charge in [0.1, 0.15) is 0 Å². The molecule has 0 aliphatic rings. The van der Waals surface area contributed by atoms with Crippen LogP contribution < -0.4 is 5.32 Å². The number of hydrogen-bond donors (Lipinski definition) is 1. The molecule has 0 radical (unpaired) electrons. The van der Waals surface area contributed by atoms with Crippen LogP contribution >= 0.6 is 0 Å². The van der Waals surface area contributed by atoms with Crippen molar-refractivity contribution in [3.8, 4) is 0 Å². The summed E-state index contributed by atoms with van der Waals surface area (Å²) in [5.41, 5.74) is 1.22. The summed E-state index contributed by atoms with van der Waals surface area (Å²) in [4.78, 5) is 0. The zero-order valence-electron chi connectivity index (χ0n) is 10.7. The van der Waals surface area contributed by atoms with E-state index in [4.69, 9.17) is 9.15 Å². The van der Waals surface area contributed by atoms with Gasteiger partial charge in [0, 0.05) is 13.2 Å². The number of rotatable bonds is 7. The second kappa shape index (κ2) is 6.71. The summed E-state index contributed by atoms with van der Waals surface area (Å²) < 4.78 is 10.7. The lowest BCUT2D eigenvalue weighted by atomic mass is 9.95. The van der Waals surface area contributed by atoms with Gasteiger partial charge < -0.3 is 14.5 Å². The molecule has 1 rings (SSSR count). The maximum atomic E-state index is 5.58. The Hall–Kier alpha value is -0.800. The zero-order valence-corrected chi connectivity index (χ0v) is 10.7. The quantitative estimate of drug-likeness (QED) is 0.774. The van der Waals surface area contributed by atoms with E-state index in [1.54, 1.807) is 19.6 Å². The Morgan fingerprint density at radius 3 is 2.62 bits per heavy atom. The Balaban J connectivity index is 2.65. The van der Waals surface area contributed by atoms with Crippen molar-refractivity contribution in [2.75, 3.05) is 13.7 Å². The smallest absolute Gasteiger partial charge is 0.0935 e. The van der Waals surface area contributed by atoms with Gasteiger partial charge in [-0.1, -0.05) is 20.8 Å². The van der Waals surface area contributed by atoms with Crippen LogP contribution in [0, 0.1) is 5.92 Å². The van der Waals surface area contributed by atoms with E-state index in [2.05, 4.69) is 26.1 Å². The average molecular weight is 225 g/mol. The minimum absolute atomic E-state index is 0.231. The van der Waals surface area contributed by atoms with Crippen molar-refractivity contribution >= 4 is 0 Å². The Morgan fingerprint density at radius 2 is 2.19 bits per heavy atom. The van der Waals surface area contributed by atoms with E-state index in [9.17, 15) is 0 Å². The lowest BCUT2D eigenvalue weighted by Gasteiger charge is -2.29. The second-order valence-corrected chi connectivity index (χ2v) is 4.44. The third kappa shape index (κ3) is 3.65. The standard InChI is InChI=1S/C13H23NO2/c1-5-14-12(13(15-4)10(2)3)8-11-6-7-16-9-11/h6-7,9-10,12-14H,5,8H2,1-4H3. The van der Waals surface area contributed by atoms with Crippen LogP contribution in [0.4, 0.5) is 0 Å². The third-order valence-electron chi connectivity index (χ3n) is 2.83. The fraction of sp³-hybridized carbons (Fsp3) is 0.692. The van der Waals surface area contributed by atoms with Crippen LogP contribution in [-0.2, 0) is 11.2 Å². The van der Waals surface area contributed by atoms with Gasteiger partial charge in [0.05, 0.1) is 18.6 Å². The molecule has 1 aromatic rings. The molecular formula is C13H23NO2. The highest BCUT2D eigenvalue weighted by molar-refractivity contribution is 5.08. The molecule has 0 fully saturated rings. The van der Waals surface area contributed by atoms with E-state index in [0.717, 1.165) is 13.0 Å². The lowest BCUT2D eigenvalue weighted by Crippen LogP contribution is -2.45.